The smallest absolute Gasteiger partial charge is 0.412 e. The fourth-order valence-corrected chi connectivity index (χ4v) is 1.32. The van der Waals surface area contributed by atoms with E-state index < -0.39 is 11.7 Å². The number of hydrogen-bond acceptors (Lipinski definition) is 4. The lowest BCUT2D eigenvalue weighted by molar-refractivity contribution is 0.0636. The summed E-state index contributed by atoms with van der Waals surface area (Å²) in [5.74, 6) is 0. The Morgan fingerprint density at radius 1 is 1.64 bits per heavy atom. The number of rotatable bonds is 1. The van der Waals surface area contributed by atoms with E-state index in [0.717, 1.165) is 0 Å². The standard InChI is InChI=1S/C8H11BN2O2S/c1-8(2,3)13-7(12)11-5-4-10-6(9)14-5/h4H,1-3H3,(H,11,12). The summed E-state index contributed by atoms with van der Waals surface area (Å²) in [6.07, 6.45) is 0.991. The van der Waals surface area contributed by atoms with Gasteiger partial charge in [-0.2, -0.15) is 0 Å². The van der Waals surface area contributed by atoms with E-state index in [-0.39, 0.29) is 0 Å². The lowest BCUT2D eigenvalue weighted by Gasteiger charge is -2.19. The Labute approximate surface area is 88.1 Å². The zero-order valence-electron chi connectivity index (χ0n) is 8.33. The van der Waals surface area contributed by atoms with E-state index in [0.29, 0.717) is 9.91 Å². The van der Waals surface area contributed by atoms with Crippen molar-refractivity contribution in [3.05, 3.63) is 6.20 Å². The summed E-state index contributed by atoms with van der Waals surface area (Å²) in [4.78, 5) is 15.4. The molecule has 74 valence electrons. The number of aromatic nitrogens is 1. The van der Waals surface area contributed by atoms with Crippen LogP contribution in [0.5, 0.6) is 0 Å². The first kappa shape index (κ1) is 11.0. The number of anilines is 1. The lowest BCUT2D eigenvalue weighted by atomic mass is 10.2. The quantitative estimate of drug-likeness (QED) is 0.710. The topological polar surface area (TPSA) is 51.2 Å². The molecule has 1 rings (SSSR count). The van der Waals surface area contributed by atoms with Crippen molar-refractivity contribution in [2.45, 2.75) is 26.4 Å². The van der Waals surface area contributed by atoms with Crippen molar-refractivity contribution in [1.29, 1.82) is 0 Å². The van der Waals surface area contributed by atoms with E-state index in [1.54, 1.807) is 20.8 Å². The predicted molar refractivity (Wildman–Crippen MR) is 57.4 cm³/mol. The number of amides is 1. The van der Waals surface area contributed by atoms with Gasteiger partial charge in [-0.3, -0.25) is 10.3 Å². The van der Waals surface area contributed by atoms with E-state index in [4.69, 9.17) is 12.6 Å². The van der Waals surface area contributed by atoms with Gasteiger partial charge in [0.2, 0.25) is 0 Å². The SMILES string of the molecule is [B]c1ncc(NC(=O)OC(C)(C)C)s1. The van der Waals surface area contributed by atoms with Gasteiger partial charge in [-0.1, -0.05) is 0 Å². The molecule has 1 N–H and O–H groups in total. The maximum atomic E-state index is 11.2. The molecule has 0 saturated carbocycles. The van der Waals surface area contributed by atoms with Crippen LogP contribution in [-0.4, -0.2) is 24.5 Å². The molecule has 0 saturated heterocycles. The molecule has 0 fully saturated rings. The maximum Gasteiger partial charge on any atom is 0.412 e. The molecule has 1 heterocycles. The molecule has 0 aliphatic rings. The summed E-state index contributed by atoms with van der Waals surface area (Å²) in [6, 6.07) is 0. The number of nitrogens with one attached hydrogen (secondary N) is 1. The van der Waals surface area contributed by atoms with Gasteiger partial charge in [-0.15, -0.1) is 11.3 Å². The minimum Gasteiger partial charge on any atom is -0.444 e. The second-order valence-electron chi connectivity index (χ2n) is 3.69. The average molecular weight is 210 g/mol. The largest absolute Gasteiger partial charge is 0.444 e. The van der Waals surface area contributed by atoms with Crippen LogP contribution < -0.4 is 10.2 Å². The second-order valence-corrected chi connectivity index (χ2v) is 4.75. The molecule has 0 unspecified atom stereocenters. The van der Waals surface area contributed by atoms with Crippen molar-refractivity contribution in [3.63, 3.8) is 0 Å². The Balaban J connectivity index is 2.50. The summed E-state index contributed by atoms with van der Waals surface area (Å²) in [7, 11) is 5.40. The van der Waals surface area contributed by atoms with Gasteiger partial charge in [-0.05, 0) is 20.8 Å². The van der Waals surface area contributed by atoms with Crippen molar-refractivity contribution < 1.29 is 9.53 Å². The third-order valence-corrected chi connectivity index (χ3v) is 1.89. The first-order valence-electron chi connectivity index (χ1n) is 4.08. The van der Waals surface area contributed by atoms with E-state index in [2.05, 4.69) is 10.3 Å². The molecule has 2 radical (unpaired) electrons. The van der Waals surface area contributed by atoms with E-state index >= 15 is 0 Å². The Hall–Kier alpha value is -1.04. The van der Waals surface area contributed by atoms with Gasteiger partial charge >= 0.3 is 6.09 Å². The summed E-state index contributed by atoms with van der Waals surface area (Å²) in [5.41, 5.74) is -0.500. The molecule has 14 heavy (non-hydrogen) atoms. The number of hydrogen-bond donors (Lipinski definition) is 1. The van der Waals surface area contributed by atoms with Gasteiger partial charge in [0.1, 0.15) is 10.6 Å². The molecular formula is C8H11BN2O2S. The Morgan fingerprint density at radius 3 is 2.71 bits per heavy atom. The predicted octanol–water partition coefficient (Wildman–Crippen LogP) is 1.28. The summed E-state index contributed by atoms with van der Waals surface area (Å²) in [5, 5.41) is 3.11. The molecule has 1 aromatic heterocycles. The number of carbonyl (C=O) groups is 1. The van der Waals surface area contributed by atoms with Crippen molar-refractivity contribution in [2.24, 2.45) is 0 Å². The van der Waals surface area contributed by atoms with Crippen LogP contribution in [0.25, 0.3) is 0 Å². The first-order valence-corrected chi connectivity index (χ1v) is 4.90. The molecular weight excluding hydrogens is 199 g/mol. The highest BCUT2D eigenvalue weighted by Gasteiger charge is 2.16. The fraction of sp³-hybridized carbons (Fsp3) is 0.500. The number of nitrogens with zero attached hydrogens (tertiary/aromatic N) is 1. The first-order chi connectivity index (χ1) is 6.37. The van der Waals surface area contributed by atoms with Gasteiger partial charge in [0.25, 0.3) is 0 Å². The average Bonchev–Trinajstić information content (AvgIpc) is 2.30. The highest BCUT2D eigenvalue weighted by Crippen LogP contribution is 2.13. The maximum absolute atomic E-state index is 11.2. The van der Waals surface area contributed by atoms with Crippen LogP contribution >= 0.6 is 11.3 Å². The second kappa shape index (κ2) is 4.00. The van der Waals surface area contributed by atoms with Gasteiger partial charge in [0.05, 0.1) is 6.20 Å². The molecule has 0 aromatic carbocycles. The normalized spacial score (nSPS) is 11.1. The van der Waals surface area contributed by atoms with Crippen LogP contribution in [0.15, 0.2) is 6.20 Å². The van der Waals surface area contributed by atoms with Crippen LogP contribution in [0.1, 0.15) is 20.8 Å². The Morgan fingerprint density at radius 2 is 2.29 bits per heavy atom. The third-order valence-electron chi connectivity index (χ3n) is 1.15. The fourth-order valence-electron chi connectivity index (χ4n) is 0.750. The zero-order valence-corrected chi connectivity index (χ0v) is 9.14. The van der Waals surface area contributed by atoms with Crippen LogP contribution in [0, 0.1) is 0 Å². The number of carbonyl (C=O) groups excluding carboxylic acids is 1. The van der Waals surface area contributed by atoms with Crippen molar-refractivity contribution >= 4 is 35.2 Å². The van der Waals surface area contributed by atoms with Gasteiger partial charge in [0, 0.05) is 4.91 Å². The monoisotopic (exact) mass is 210 g/mol. The molecule has 0 bridgehead atoms. The van der Waals surface area contributed by atoms with Crippen molar-refractivity contribution in [3.8, 4) is 0 Å². The minimum absolute atomic E-state index is 0.413. The summed E-state index contributed by atoms with van der Waals surface area (Å²) >= 11 is 1.20. The van der Waals surface area contributed by atoms with Crippen LogP contribution in [0.3, 0.4) is 0 Å². The summed E-state index contributed by atoms with van der Waals surface area (Å²) < 4.78 is 5.04. The van der Waals surface area contributed by atoms with E-state index in [1.165, 1.54) is 17.5 Å². The highest BCUT2D eigenvalue weighted by molar-refractivity contribution is 7.23. The van der Waals surface area contributed by atoms with Crippen molar-refractivity contribution in [1.82, 2.24) is 4.98 Å². The van der Waals surface area contributed by atoms with Gasteiger partial charge in [-0.25, -0.2) is 4.79 Å². The molecule has 0 aliphatic heterocycles. The lowest BCUT2D eigenvalue weighted by Crippen LogP contribution is -2.26. The van der Waals surface area contributed by atoms with Crippen LogP contribution in [-0.2, 0) is 4.74 Å². The molecule has 6 heteroatoms. The third kappa shape index (κ3) is 3.78. The molecule has 1 aromatic rings. The van der Waals surface area contributed by atoms with Gasteiger partial charge in [0.15, 0.2) is 7.85 Å². The minimum atomic E-state index is -0.500. The Bertz CT molecular complexity index is 332. The van der Waals surface area contributed by atoms with Crippen molar-refractivity contribution in [2.75, 3.05) is 5.32 Å². The van der Waals surface area contributed by atoms with Crippen LogP contribution in [0.2, 0.25) is 0 Å². The molecule has 0 spiro atoms. The Kier molecular flexibility index (Phi) is 3.15. The zero-order chi connectivity index (χ0) is 10.8. The molecule has 0 atom stereocenters. The van der Waals surface area contributed by atoms with Gasteiger partial charge < -0.3 is 4.74 Å². The van der Waals surface area contributed by atoms with E-state index in [9.17, 15) is 4.79 Å². The molecule has 0 aliphatic carbocycles. The van der Waals surface area contributed by atoms with Crippen LogP contribution in [0.4, 0.5) is 9.80 Å². The summed E-state index contributed by atoms with van der Waals surface area (Å²) in [6.45, 7) is 5.40. The number of ether oxygens (including phenoxy) is 1. The van der Waals surface area contributed by atoms with E-state index in [1.807, 2.05) is 0 Å². The highest BCUT2D eigenvalue weighted by atomic mass is 32.1. The number of thiazole rings is 1. The molecule has 4 nitrogen and oxygen atoms in total. The molecule has 1 amide bonds.